The highest BCUT2D eigenvalue weighted by atomic mass is 16.5. The Bertz CT molecular complexity index is 407. The van der Waals surface area contributed by atoms with Crippen molar-refractivity contribution < 1.29 is 9.53 Å². The summed E-state index contributed by atoms with van der Waals surface area (Å²) < 4.78 is 5.30. The lowest BCUT2D eigenvalue weighted by molar-refractivity contribution is -0.121. The Hall–Kier alpha value is -1.50. The summed E-state index contributed by atoms with van der Waals surface area (Å²) in [5, 5.41) is 6.20. The number of hydrogen-bond donors (Lipinski definition) is 2. The number of carbonyl (C=O) groups excluding carboxylic acids is 1. The van der Waals surface area contributed by atoms with Gasteiger partial charge < -0.3 is 15.4 Å². The van der Waals surface area contributed by atoms with Crippen molar-refractivity contribution in [3.63, 3.8) is 0 Å². The number of morpholine rings is 1. The number of nitrogens with zero attached hydrogens (tertiary/aromatic N) is 2. The van der Waals surface area contributed by atoms with Crippen molar-refractivity contribution in [3.05, 3.63) is 30.1 Å². The largest absolute Gasteiger partial charge is 0.379 e. The van der Waals surface area contributed by atoms with Gasteiger partial charge in [0.2, 0.25) is 5.91 Å². The van der Waals surface area contributed by atoms with E-state index < -0.39 is 0 Å². The molecule has 2 rings (SSSR count). The molecule has 0 saturated carbocycles. The lowest BCUT2D eigenvalue weighted by Crippen LogP contribution is -2.40. The van der Waals surface area contributed by atoms with Gasteiger partial charge in [0.25, 0.3) is 0 Å². The Morgan fingerprint density at radius 2 is 2.19 bits per heavy atom. The van der Waals surface area contributed by atoms with E-state index in [-0.39, 0.29) is 5.91 Å². The van der Waals surface area contributed by atoms with Crippen LogP contribution in [0.15, 0.2) is 24.5 Å². The third-order valence-corrected chi connectivity index (χ3v) is 3.45. The predicted octanol–water partition coefficient (Wildman–Crippen LogP) is 0.00970. The standard InChI is InChI=1S/C15H24N4O2/c20-15(18-13-14-2-1-4-17-12-14)3-5-16-6-7-19-8-10-21-11-9-19/h1-2,4,12,16H,3,5-11,13H2,(H,18,20). The monoisotopic (exact) mass is 292 g/mol. The summed E-state index contributed by atoms with van der Waals surface area (Å²) in [4.78, 5) is 18.1. The molecule has 0 atom stereocenters. The van der Waals surface area contributed by atoms with E-state index in [1.54, 1.807) is 12.4 Å². The van der Waals surface area contributed by atoms with Crippen LogP contribution in [0, 0.1) is 0 Å². The Labute approximate surface area is 125 Å². The average molecular weight is 292 g/mol. The zero-order valence-corrected chi connectivity index (χ0v) is 12.4. The van der Waals surface area contributed by atoms with E-state index in [9.17, 15) is 4.79 Å². The quantitative estimate of drug-likeness (QED) is 0.661. The van der Waals surface area contributed by atoms with Gasteiger partial charge in [-0.3, -0.25) is 14.7 Å². The van der Waals surface area contributed by atoms with E-state index in [0.29, 0.717) is 19.5 Å². The summed E-state index contributed by atoms with van der Waals surface area (Å²) in [6, 6.07) is 3.82. The molecule has 2 heterocycles. The van der Waals surface area contributed by atoms with Crippen LogP contribution in [0.4, 0.5) is 0 Å². The summed E-state index contributed by atoms with van der Waals surface area (Å²) in [7, 11) is 0. The van der Waals surface area contributed by atoms with Crippen LogP contribution in [0.5, 0.6) is 0 Å². The van der Waals surface area contributed by atoms with E-state index in [2.05, 4.69) is 20.5 Å². The second-order valence-electron chi connectivity index (χ2n) is 5.09. The Morgan fingerprint density at radius 3 is 2.95 bits per heavy atom. The molecule has 2 N–H and O–H groups in total. The van der Waals surface area contributed by atoms with Crippen molar-refractivity contribution in [2.24, 2.45) is 0 Å². The second-order valence-corrected chi connectivity index (χ2v) is 5.09. The normalized spacial score (nSPS) is 15.8. The molecule has 6 heteroatoms. The van der Waals surface area contributed by atoms with Crippen molar-refractivity contribution in [1.29, 1.82) is 0 Å². The van der Waals surface area contributed by atoms with Crippen molar-refractivity contribution in [3.8, 4) is 0 Å². The molecule has 0 aliphatic carbocycles. The number of nitrogens with one attached hydrogen (secondary N) is 2. The van der Waals surface area contributed by atoms with Crippen LogP contribution < -0.4 is 10.6 Å². The maximum Gasteiger partial charge on any atom is 0.221 e. The van der Waals surface area contributed by atoms with Crippen molar-refractivity contribution in [2.45, 2.75) is 13.0 Å². The zero-order valence-electron chi connectivity index (χ0n) is 12.4. The molecular formula is C15H24N4O2. The summed E-state index contributed by atoms with van der Waals surface area (Å²) in [5.41, 5.74) is 1.02. The number of hydrogen-bond acceptors (Lipinski definition) is 5. The second kappa shape index (κ2) is 9.44. The van der Waals surface area contributed by atoms with Gasteiger partial charge in [-0.25, -0.2) is 0 Å². The van der Waals surface area contributed by atoms with Gasteiger partial charge in [-0.05, 0) is 11.6 Å². The SMILES string of the molecule is O=C(CCNCCN1CCOCC1)NCc1cccnc1. The van der Waals surface area contributed by atoms with Crippen LogP contribution >= 0.6 is 0 Å². The molecule has 0 radical (unpaired) electrons. The van der Waals surface area contributed by atoms with E-state index in [1.165, 1.54) is 0 Å². The molecule has 0 unspecified atom stereocenters. The minimum absolute atomic E-state index is 0.0673. The van der Waals surface area contributed by atoms with Gasteiger partial charge in [0, 0.05) is 58.1 Å². The summed E-state index contributed by atoms with van der Waals surface area (Å²) >= 11 is 0. The first-order valence-electron chi connectivity index (χ1n) is 7.51. The van der Waals surface area contributed by atoms with Crippen LogP contribution in [-0.2, 0) is 16.1 Å². The molecule has 1 aliphatic heterocycles. The van der Waals surface area contributed by atoms with Gasteiger partial charge >= 0.3 is 0 Å². The van der Waals surface area contributed by atoms with Crippen LogP contribution in [0.2, 0.25) is 0 Å². The fourth-order valence-corrected chi connectivity index (χ4v) is 2.18. The number of ether oxygens (including phenoxy) is 1. The third-order valence-electron chi connectivity index (χ3n) is 3.45. The summed E-state index contributed by atoms with van der Waals surface area (Å²) in [5.74, 6) is 0.0673. The number of pyridine rings is 1. The van der Waals surface area contributed by atoms with Crippen LogP contribution in [-0.4, -0.2) is 61.7 Å². The smallest absolute Gasteiger partial charge is 0.221 e. The van der Waals surface area contributed by atoms with Gasteiger partial charge in [-0.1, -0.05) is 6.07 Å². The molecule has 0 spiro atoms. The van der Waals surface area contributed by atoms with Crippen molar-refractivity contribution in [2.75, 3.05) is 45.9 Å². The lowest BCUT2D eigenvalue weighted by atomic mass is 10.3. The Morgan fingerprint density at radius 1 is 1.33 bits per heavy atom. The number of carbonyl (C=O) groups is 1. The van der Waals surface area contributed by atoms with Gasteiger partial charge in [-0.2, -0.15) is 0 Å². The molecule has 0 bridgehead atoms. The van der Waals surface area contributed by atoms with Gasteiger partial charge in [-0.15, -0.1) is 0 Å². The molecule has 1 fully saturated rings. The lowest BCUT2D eigenvalue weighted by Gasteiger charge is -2.26. The fourth-order valence-electron chi connectivity index (χ4n) is 2.18. The average Bonchev–Trinajstić information content (AvgIpc) is 2.54. The van der Waals surface area contributed by atoms with E-state index >= 15 is 0 Å². The third kappa shape index (κ3) is 6.66. The highest BCUT2D eigenvalue weighted by Gasteiger charge is 2.09. The van der Waals surface area contributed by atoms with Gasteiger partial charge in [0.1, 0.15) is 0 Å². The van der Waals surface area contributed by atoms with Crippen LogP contribution in [0.3, 0.4) is 0 Å². The van der Waals surface area contributed by atoms with E-state index in [0.717, 1.165) is 45.0 Å². The van der Waals surface area contributed by atoms with Crippen LogP contribution in [0.1, 0.15) is 12.0 Å². The van der Waals surface area contributed by atoms with Gasteiger partial charge in [0.05, 0.1) is 13.2 Å². The van der Waals surface area contributed by atoms with E-state index in [4.69, 9.17) is 4.74 Å². The molecule has 1 saturated heterocycles. The predicted molar refractivity (Wildman–Crippen MR) is 80.8 cm³/mol. The topological polar surface area (TPSA) is 66.5 Å². The minimum atomic E-state index is 0.0673. The maximum atomic E-state index is 11.7. The Kier molecular flexibility index (Phi) is 7.14. The van der Waals surface area contributed by atoms with Gasteiger partial charge in [0.15, 0.2) is 0 Å². The summed E-state index contributed by atoms with van der Waals surface area (Å²) in [6.45, 7) is 6.86. The number of amides is 1. The van der Waals surface area contributed by atoms with E-state index in [1.807, 2.05) is 12.1 Å². The molecule has 21 heavy (non-hydrogen) atoms. The van der Waals surface area contributed by atoms with Crippen molar-refractivity contribution >= 4 is 5.91 Å². The fraction of sp³-hybridized carbons (Fsp3) is 0.600. The molecule has 1 aliphatic rings. The Balaban J connectivity index is 1.47. The zero-order chi connectivity index (χ0) is 14.8. The van der Waals surface area contributed by atoms with Crippen LogP contribution in [0.25, 0.3) is 0 Å². The highest BCUT2D eigenvalue weighted by molar-refractivity contribution is 5.76. The summed E-state index contributed by atoms with van der Waals surface area (Å²) in [6.07, 6.45) is 3.99. The molecular weight excluding hydrogens is 268 g/mol. The molecule has 1 aromatic rings. The molecule has 1 amide bonds. The first-order chi connectivity index (χ1) is 10.3. The minimum Gasteiger partial charge on any atom is -0.379 e. The molecule has 116 valence electrons. The number of rotatable bonds is 8. The molecule has 1 aromatic heterocycles. The maximum absolute atomic E-state index is 11.7. The van der Waals surface area contributed by atoms with Crippen molar-refractivity contribution in [1.82, 2.24) is 20.5 Å². The molecule has 6 nitrogen and oxygen atoms in total. The highest BCUT2D eigenvalue weighted by Crippen LogP contribution is 1.95. The first-order valence-corrected chi connectivity index (χ1v) is 7.51. The first kappa shape index (κ1) is 15.9. The number of aromatic nitrogens is 1. The molecule has 0 aromatic carbocycles.